The standard InChI is InChI=1S/C10H13N5O2S/c1-3-4-16-8-13-7(11)14-9(15-8)18-10-12-6(2)5-17-10/h5H,3-4H2,1-2H3,(H2,11,13,14,15). The molecular weight excluding hydrogens is 254 g/mol. The molecule has 0 aromatic carbocycles. The second kappa shape index (κ2) is 5.67. The number of nitrogens with zero attached hydrogens (tertiary/aromatic N) is 4. The SMILES string of the molecule is CCCOc1nc(N)nc(Sc2nc(C)co2)n1. The maximum Gasteiger partial charge on any atom is 0.322 e. The molecule has 2 aromatic rings. The van der Waals surface area contributed by atoms with E-state index in [0.717, 1.165) is 12.1 Å². The monoisotopic (exact) mass is 267 g/mol. The number of aryl methyl sites for hydroxylation is 1. The second-order valence-corrected chi connectivity index (χ2v) is 4.38. The molecule has 0 aliphatic heterocycles. The van der Waals surface area contributed by atoms with Crippen LogP contribution in [0, 0.1) is 6.92 Å². The lowest BCUT2D eigenvalue weighted by Crippen LogP contribution is -2.05. The van der Waals surface area contributed by atoms with Gasteiger partial charge >= 0.3 is 6.01 Å². The molecule has 0 radical (unpaired) electrons. The van der Waals surface area contributed by atoms with Gasteiger partial charge in [0.15, 0.2) is 0 Å². The molecule has 8 heteroatoms. The van der Waals surface area contributed by atoms with Gasteiger partial charge in [-0.1, -0.05) is 6.92 Å². The average molecular weight is 267 g/mol. The fraction of sp³-hybridized carbons (Fsp3) is 0.400. The number of hydrogen-bond acceptors (Lipinski definition) is 8. The predicted octanol–water partition coefficient (Wildman–Crippen LogP) is 1.69. The normalized spacial score (nSPS) is 10.6. The van der Waals surface area contributed by atoms with Crippen LogP contribution in [0.4, 0.5) is 5.95 Å². The highest BCUT2D eigenvalue weighted by Gasteiger charge is 2.10. The molecule has 0 spiro atoms. The van der Waals surface area contributed by atoms with Crippen LogP contribution in [0.25, 0.3) is 0 Å². The van der Waals surface area contributed by atoms with Crippen LogP contribution in [-0.2, 0) is 0 Å². The van der Waals surface area contributed by atoms with Gasteiger partial charge < -0.3 is 14.9 Å². The highest BCUT2D eigenvalue weighted by molar-refractivity contribution is 7.98. The van der Waals surface area contributed by atoms with Crippen molar-refractivity contribution in [1.29, 1.82) is 0 Å². The van der Waals surface area contributed by atoms with Crippen molar-refractivity contribution < 1.29 is 9.15 Å². The van der Waals surface area contributed by atoms with E-state index in [2.05, 4.69) is 19.9 Å². The Hall–Kier alpha value is -1.83. The number of nitrogen functional groups attached to an aromatic ring is 1. The molecule has 0 saturated carbocycles. The van der Waals surface area contributed by atoms with Crippen molar-refractivity contribution in [3.63, 3.8) is 0 Å². The van der Waals surface area contributed by atoms with E-state index in [-0.39, 0.29) is 12.0 Å². The molecule has 7 nitrogen and oxygen atoms in total. The summed E-state index contributed by atoms with van der Waals surface area (Å²) in [5.41, 5.74) is 6.38. The van der Waals surface area contributed by atoms with Crippen molar-refractivity contribution in [2.24, 2.45) is 0 Å². The molecule has 0 unspecified atom stereocenters. The quantitative estimate of drug-likeness (QED) is 0.873. The number of anilines is 1. The minimum Gasteiger partial charge on any atom is -0.463 e. The minimum absolute atomic E-state index is 0.113. The molecule has 2 heterocycles. The van der Waals surface area contributed by atoms with Crippen LogP contribution in [0.1, 0.15) is 19.0 Å². The number of nitrogens with two attached hydrogens (primary N) is 1. The van der Waals surface area contributed by atoms with Crippen LogP contribution in [0.2, 0.25) is 0 Å². The maximum absolute atomic E-state index is 5.58. The van der Waals surface area contributed by atoms with Gasteiger partial charge in [0, 0.05) is 11.8 Å². The summed E-state index contributed by atoms with van der Waals surface area (Å²) in [7, 11) is 0. The van der Waals surface area contributed by atoms with Crippen molar-refractivity contribution in [1.82, 2.24) is 19.9 Å². The summed E-state index contributed by atoms with van der Waals surface area (Å²) in [5.74, 6) is 0.113. The first-order chi connectivity index (χ1) is 8.67. The molecular formula is C10H13N5O2S. The van der Waals surface area contributed by atoms with Gasteiger partial charge in [-0.05, 0) is 13.3 Å². The summed E-state index contributed by atoms with van der Waals surface area (Å²) in [5, 5.41) is 0.856. The summed E-state index contributed by atoms with van der Waals surface area (Å²) in [4.78, 5) is 16.1. The van der Waals surface area contributed by atoms with Crippen LogP contribution in [-0.4, -0.2) is 26.5 Å². The number of aromatic nitrogens is 4. The van der Waals surface area contributed by atoms with Gasteiger partial charge in [-0.3, -0.25) is 0 Å². The first-order valence-corrected chi connectivity index (χ1v) is 6.23. The molecule has 0 aliphatic carbocycles. The van der Waals surface area contributed by atoms with E-state index < -0.39 is 0 Å². The fourth-order valence-corrected chi connectivity index (χ4v) is 1.82. The number of ether oxygens (including phenoxy) is 1. The molecule has 0 fully saturated rings. The number of rotatable bonds is 5. The fourth-order valence-electron chi connectivity index (χ4n) is 1.11. The largest absolute Gasteiger partial charge is 0.463 e. The van der Waals surface area contributed by atoms with Crippen LogP contribution in [0.5, 0.6) is 6.01 Å². The third-order valence-corrected chi connectivity index (χ3v) is 2.55. The molecule has 18 heavy (non-hydrogen) atoms. The van der Waals surface area contributed by atoms with Gasteiger partial charge in [-0.2, -0.15) is 15.0 Å². The summed E-state index contributed by atoms with van der Waals surface area (Å²) in [6, 6.07) is 0.218. The van der Waals surface area contributed by atoms with Crippen LogP contribution >= 0.6 is 11.8 Å². The molecule has 0 aliphatic rings. The molecule has 0 atom stereocenters. The van der Waals surface area contributed by atoms with Crippen molar-refractivity contribution in [3.05, 3.63) is 12.0 Å². The highest BCUT2D eigenvalue weighted by Crippen LogP contribution is 2.25. The van der Waals surface area contributed by atoms with E-state index in [1.165, 1.54) is 11.8 Å². The van der Waals surface area contributed by atoms with E-state index in [0.29, 0.717) is 17.0 Å². The lowest BCUT2D eigenvalue weighted by molar-refractivity contribution is 0.288. The second-order valence-electron chi connectivity index (χ2n) is 3.46. The molecule has 2 aromatic heterocycles. The van der Waals surface area contributed by atoms with Gasteiger partial charge in [-0.25, -0.2) is 4.98 Å². The maximum atomic E-state index is 5.58. The van der Waals surface area contributed by atoms with E-state index >= 15 is 0 Å². The minimum atomic E-state index is 0.113. The van der Waals surface area contributed by atoms with E-state index in [9.17, 15) is 0 Å². The van der Waals surface area contributed by atoms with Crippen molar-refractivity contribution in [2.45, 2.75) is 30.6 Å². The van der Waals surface area contributed by atoms with Crippen molar-refractivity contribution in [2.75, 3.05) is 12.3 Å². The van der Waals surface area contributed by atoms with Gasteiger partial charge in [-0.15, -0.1) is 0 Å². The van der Waals surface area contributed by atoms with Crippen LogP contribution in [0.3, 0.4) is 0 Å². The first kappa shape index (κ1) is 12.6. The zero-order chi connectivity index (χ0) is 13.0. The Labute approximate surface area is 108 Å². The Kier molecular flexibility index (Phi) is 3.98. The van der Waals surface area contributed by atoms with Gasteiger partial charge in [0.1, 0.15) is 6.26 Å². The van der Waals surface area contributed by atoms with Gasteiger partial charge in [0.05, 0.1) is 12.3 Å². The smallest absolute Gasteiger partial charge is 0.322 e. The average Bonchev–Trinajstić information content (AvgIpc) is 2.71. The summed E-state index contributed by atoms with van der Waals surface area (Å²) < 4.78 is 10.5. The van der Waals surface area contributed by atoms with Gasteiger partial charge in [0.25, 0.3) is 5.22 Å². The lowest BCUT2D eigenvalue weighted by Gasteiger charge is -2.03. The number of hydrogen-bond donors (Lipinski definition) is 1. The molecule has 0 amide bonds. The Morgan fingerprint density at radius 2 is 2.17 bits per heavy atom. The van der Waals surface area contributed by atoms with Crippen LogP contribution < -0.4 is 10.5 Å². The van der Waals surface area contributed by atoms with Crippen molar-refractivity contribution >= 4 is 17.7 Å². The summed E-state index contributed by atoms with van der Waals surface area (Å²) in [6.45, 7) is 4.37. The van der Waals surface area contributed by atoms with E-state index in [1.807, 2.05) is 13.8 Å². The third kappa shape index (κ3) is 3.33. The summed E-state index contributed by atoms with van der Waals surface area (Å²) >= 11 is 1.17. The zero-order valence-corrected chi connectivity index (χ0v) is 10.9. The molecule has 96 valence electrons. The van der Waals surface area contributed by atoms with E-state index in [1.54, 1.807) is 6.26 Å². The Bertz CT molecular complexity index is 531. The Morgan fingerprint density at radius 3 is 2.83 bits per heavy atom. The predicted molar refractivity (Wildman–Crippen MR) is 65.4 cm³/mol. The Morgan fingerprint density at radius 1 is 1.33 bits per heavy atom. The molecule has 2 N–H and O–H groups in total. The lowest BCUT2D eigenvalue weighted by atomic mass is 10.5. The third-order valence-electron chi connectivity index (χ3n) is 1.82. The topological polar surface area (TPSA) is 100.0 Å². The van der Waals surface area contributed by atoms with Crippen molar-refractivity contribution in [3.8, 4) is 6.01 Å². The van der Waals surface area contributed by atoms with Gasteiger partial charge in [0.2, 0.25) is 11.1 Å². The molecule has 0 bridgehead atoms. The molecule has 2 rings (SSSR count). The first-order valence-electron chi connectivity index (χ1n) is 5.41. The van der Waals surface area contributed by atoms with Crippen LogP contribution in [0.15, 0.2) is 21.1 Å². The molecule has 0 saturated heterocycles. The zero-order valence-electron chi connectivity index (χ0n) is 10.1. The summed E-state index contributed by atoms with van der Waals surface area (Å²) in [6.07, 6.45) is 2.42. The Balaban J connectivity index is 2.14. The van der Waals surface area contributed by atoms with E-state index in [4.69, 9.17) is 14.9 Å². The number of oxazole rings is 1. The highest BCUT2D eigenvalue weighted by atomic mass is 32.2.